The van der Waals surface area contributed by atoms with E-state index in [0.29, 0.717) is 18.5 Å². The number of rotatable bonds is 7. The number of carbonyl (C=O) groups is 1. The molecule has 1 aromatic heterocycles. The minimum absolute atomic E-state index is 0.0860. The van der Waals surface area contributed by atoms with E-state index in [1.54, 1.807) is 30.3 Å². The number of alkyl halides is 3. The number of benzene rings is 1. The van der Waals surface area contributed by atoms with E-state index in [0.717, 1.165) is 30.5 Å². The molecule has 1 saturated heterocycles. The van der Waals surface area contributed by atoms with Crippen molar-refractivity contribution in [2.45, 2.75) is 37.2 Å². The van der Waals surface area contributed by atoms with Crippen LogP contribution in [0.3, 0.4) is 0 Å². The number of hydrogen-bond donors (Lipinski definition) is 1. The van der Waals surface area contributed by atoms with Gasteiger partial charge in [0.1, 0.15) is 5.75 Å². The molecular weight excluding hydrogens is 395 g/mol. The van der Waals surface area contributed by atoms with Gasteiger partial charge in [-0.25, -0.2) is 0 Å². The predicted octanol–water partition coefficient (Wildman–Crippen LogP) is 3.92. The van der Waals surface area contributed by atoms with Gasteiger partial charge in [-0.3, -0.25) is 15.1 Å². The van der Waals surface area contributed by atoms with Crippen LogP contribution >= 0.6 is 0 Å². The van der Waals surface area contributed by atoms with Gasteiger partial charge in [0.05, 0.1) is 17.3 Å². The summed E-state index contributed by atoms with van der Waals surface area (Å²) in [6.45, 7) is 0.535. The molecule has 1 fully saturated rings. The second kappa shape index (κ2) is 8.76. The van der Waals surface area contributed by atoms with Crippen molar-refractivity contribution in [1.82, 2.24) is 15.2 Å². The van der Waals surface area contributed by atoms with Crippen LogP contribution in [0.15, 0.2) is 42.6 Å². The van der Waals surface area contributed by atoms with Crippen molar-refractivity contribution in [3.05, 3.63) is 48.3 Å². The molecule has 3 rings (SSSR count). The van der Waals surface area contributed by atoms with Crippen LogP contribution in [0.2, 0.25) is 0 Å². The number of ether oxygens (including phenoxy) is 1. The maximum absolute atomic E-state index is 12.5. The zero-order valence-corrected chi connectivity index (χ0v) is 16.4. The molecule has 2 heterocycles. The quantitative estimate of drug-likeness (QED) is 0.548. The first-order valence-corrected chi connectivity index (χ1v) is 9.47. The Kier molecular flexibility index (Phi) is 6.32. The van der Waals surface area contributed by atoms with E-state index in [1.807, 2.05) is 6.07 Å². The smallest absolute Gasteiger partial charge is 0.406 e. The minimum Gasteiger partial charge on any atom is -0.406 e. The van der Waals surface area contributed by atoms with E-state index in [2.05, 4.69) is 21.0 Å². The first-order chi connectivity index (χ1) is 14.2. The summed E-state index contributed by atoms with van der Waals surface area (Å²) in [4.78, 5) is 16.8. The molecule has 0 radical (unpaired) electrons. The summed E-state index contributed by atoms with van der Waals surface area (Å²) in [6.07, 6.45) is 5.54. The van der Waals surface area contributed by atoms with Crippen molar-refractivity contribution in [1.29, 1.82) is 0 Å². The lowest BCUT2D eigenvalue weighted by atomic mass is 9.94. The van der Waals surface area contributed by atoms with Crippen LogP contribution in [0.5, 0.6) is 5.75 Å². The monoisotopic (exact) mass is 417 g/mol. The van der Waals surface area contributed by atoms with Crippen molar-refractivity contribution >= 4 is 6.41 Å². The third-order valence-corrected chi connectivity index (χ3v) is 5.20. The molecule has 2 atom stereocenters. The van der Waals surface area contributed by atoms with Gasteiger partial charge in [-0.2, -0.15) is 0 Å². The number of nitrogens with zero attached hydrogens (tertiary/aromatic N) is 2. The van der Waals surface area contributed by atoms with Crippen molar-refractivity contribution in [2.75, 3.05) is 13.6 Å². The zero-order chi connectivity index (χ0) is 21.8. The number of aromatic nitrogens is 1. The molecule has 30 heavy (non-hydrogen) atoms. The predicted molar refractivity (Wildman–Crippen MR) is 106 cm³/mol. The van der Waals surface area contributed by atoms with E-state index in [1.165, 1.54) is 18.2 Å². The highest BCUT2D eigenvalue weighted by Gasteiger charge is 2.38. The lowest BCUT2D eigenvalue weighted by Crippen LogP contribution is -2.42. The summed E-state index contributed by atoms with van der Waals surface area (Å²) in [7, 11) is 1.70. The van der Waals surface area contributed by atoms with Gasteiger partial charge in [0.25, 0.3) is 0 Å². The molecule has 8 heteroatoms. The molecule has 158 valence electrons. The summed E-state index contributed by atoms with van der Waals surface area (Å²) in [5, 5.41) is 3.46. The maximum atomic E-state index is 12.5. The molecule has 1 amide bonds. The second-order valence-corrected chi connectivity index (χ2v) is 7.34. The highest BCUT2D eigenvalue weighted by molar-refractivity contribution is 5.65. The van der Waals surface area contributed by atoms with Crippen molar-refractivity contribution in [2.24, 2.45) is 0 Å². The molecule has 1 aliphatic rings. The Morgan fingerprint density at radius 1 is 1.37 bits per heavy atom. The topological polar surface area (TPSA) is 54.5 Å². The molecule has 0 unspecified atom stereocenters. The molecule has 0 bridgehead atoms. The fraction of sp³-hybridized carbons (Fsp3) is 0.364. The van der Waals surface area contributed by atoms with Gasteiger partial charge in [0.2, 0.25) is 6.41 Å². The molecule has 5 nitrogen and oxygen atoms in total. The molecular formula is C22H22F3N3O2. The summed E-state index contributed by atoms with van der Waals surface area (Å²) >= 11 is 0. The number of carbonyl (C=O) groups excluding carboxylic acids is 1. The first kappa shape index (κ1) is 21.7. The van der Waals surface area contributed by atoms with E-state index in [9.17, 15) is 18.0 Å². The van der Waals surface area contributed by atoms with Gasteiger partial charge in [-0.15, -0.1) is 19.6 Å². The average Bonchev–Trinajstić information content (AvgIpc) is 3.16. The Hall–Kier alpha value is -3.05. The van der Waals surface area contributed by atoms with Gasteiger partial charge in [0.15, 0.2) is 0 Å². The number of amides is 1. The van der Waals surface area contributed by atoms with Crippen LogP contribution in [0.1, 0.15) is 31.0 Å². The van der Waals surface area contributed by atoms with Crippen molar-refractivity contribution in [3.63, 3.8) is 0 Å². The Balaban J connectivity index is 1.77. The van der Waals surface area contributed by atoms with Crippen LogP contribution in [0.25, 0.3) is 11.1 Å². The average molecular weight is 417 g/mol. The normalized spacial score (nSPS) is 21.1. The third-order valence-electron chi connectivity index (χ3n) is 5.20. The second-order valence-electron chi connectivity index (χ2n) is 7.34. The fourth-order valence-corrected chi connectivity index (χ4v) is 3.58. The van der Waals surface area contributed by atoms with Crippen molar-refractivity contribution in [3.8, 4) is 29.2 Å². The minimum atomic E-state index is -4.74. The zero-order valence-electron chi connectivity index (χ0n) is 16.4. The van der Waals surface area contributed by atoms with Crippen LogP contribution in [0, 0.1) is 12.3 Å². The number of hydrogen-bond acceptors (Lipinski definition) is 4. The molecule has 0 aliphatic carbocycles. The Morgan fingerprint density at radius 2 is 2.13 bits per heavy atom. The maximum Gasteiger partial charge on any atom is 0.573 e. The summed E-state index contributed by atoms with van der Waals surface area (Å²) in [5.41, 5.74) is 1.55. The van der Waals surface area contributed by atoms with E-state index in [-0.39, 0.29) is 11.8 Å². The van der Waals surface area contributed by atoms with Crippen LogP contribution < -0.4 is 10.1 Å². The SMILES string of the molecule is C#C[C@@]1(CCN(C)C=O)CC[C@H](c2cc(-c3cccc(OC(F)(F)F)c3)ccn2)N1. The van der Waals surface area contributed by atoms with Gasteiger partial charge < -0.3 is 9.64 Å². The molecule has 1 aromatic carbocycles. The molecule has 1 N–H and O–H groups in total. The number of terminal acetylenes is 1. The van der Waals surface area contributed by atoms with Gasteiger partial charge in [-0.05, 0) is 54.7 Å². The van der Waals surface area contributed by atoms with E-state index >= 15 is 0 Å². The first-order valence-electron chi connectivity index (χ1n) is 9.47. The number of nitrogens with one attached hydrogen (secondary N) is 1. The molecule has 2 aromatic rings. The largest absolute Gasteiger partial charge is 0.573 e. The Bertz CT molecular complexity index is 942. The number of pyridine rings is 1. The summed E-state index contributed by atoms with van der Waals surface area (Å²) in [6, 6.07) is 9.32. The third kappa shape index (κ3) is 5.30. The van der Waals surface area contributed by atoms with Crippen LogP contribution in [-0.2, 0) is 4.79 Å². The van der Waals surface area contributed by atoms with E-state index in [4.69, 9.17) is 6.42 Å². The number of halogens is 3. The van der Waals surface area contributed by atoms with Gasteiger partial charge in [0, 0.05) is 19.8 Å². The molecule has 0 spiro atoms. The van der Waals surface area contributed by atoms with Crippen LogP contribution in [0.4, 0.5) is 13.2 Å². The fourth-order valence-electron chi connectivity index (χ4n) is 3.58. The summed E-state index contributed by atoms with van der Waals surface area (Å²) in [5.74, 6) is 2.55. The van der Waals surface area contributed by atoms with Gasteiger partial charge >= 0.3 is 6.36 Å². The Morgan fingerprint density at radius 3 is 2.83 bits per heavy atom. The van der Waals surface area contributed by atoms with Gasteiger partial charge in [-0.1, -0.05) is 18.1 Å². The highest BCUT2D eigenvalue weighted by Crippen LogP contribution is 2.35. The highest BCUT2D eigenvalue weighted by atomic mass is 19.4. The van der Waals surface area contributed by atoms with Crippen LogP contribution in [-0.4, -0.2) is 41.8 Å². The lowest BCUT2D eigenvalue weighted by molar-refractivity contribution is -0.274. The lowest BCUT2D eigenvalue weighted by Gasteiger charge is -2.26. The van der Waals surface area contributed by atoms with Crippen molar-refractivity contribution < 1.29 is 22.7 Å². The Labute approximate surface area is 173 Å². The summed E-state index contributed by atoms with van der Waals surface area (Å²) < 4.78 is 41.5. The molecule has 0 saturated carbocycles. The van der Waals surface area contributed by atoms with E-state index < -0.39 is 11.9 Å². The standard InChI is InChI=1S/C22H22F3N3O2/c1-3-21(10-12-28(2)15-29)9-7-19(27-21)20-14-17(8-11-26-20)16-5-4-6-18(13-16)30-22(23,24)25/h1,4-6,8,11,13-15,19,27H,7,9-10,12H2,2H3/t19-,21+/m1/s1. The molecule has 1 aliphatic heterocycles.